The average molecular weight is 920 g/mol. The molecular formula is C39H59BrN8O9Si2. The number of imide groups is 1. The summed E-state index contributed by atoms with van der Waals surface area (Å²) >= 11 is 3.98. The van der Waals surface area contributed by atoms with E-state index in [4.69, 9.17) is 24.3 Å². The van der Waals surface area contributed by atoms with Gasteiger partial charge in [-0.15, -0.1) is 5.01 Å². The van der Waals surface area contributed by atoms with E-state index in [-0.39, 0.29) is 53.4 Å². The second-order valence-electron chi connectivity index (χ2n) is 18.7. The highest BCUT2D eigenvalue weighted by Gasteiger charge is 2.46. The van der Waals surface area contributed by atoms with E-state index in [0.717, 1.165) is 42.0 Å². The number of amides is 4. The largest absolute Gasteiger partial charge is 0.463 e. The summed E-state index contributed by atoms with van der Waals surface area (Å²) in [5.74, 6) is -0.670. The van der Waals surface area contributed by atoms with Gasteiger partial charge >= 0.3 is 18.3 Å². The molecule has 2 bridgehead atoms. The fourth-order valence-corrected chi connectivity index (χ4v) is 9.66. The van der Waals surface area contributed by atoms with Crippen LogP contribution in [0.1, 0.15) is 65.0 Å². The Labute approximate surface area is 356 Å². The lowest BCUT2D eigenvalue weighted by molar-refractivity contribution is -0.127. The number of halogens is 1. The molecule has 2 N–H and O–H groups in total. The highest BCUT2D eigenvalue weighted by molar-refractivity contribution is 9.10. The van der Waals surface area contributed by atoms with Gasteiger partial charge in [0.25, 0.3) is 0 Å². The van der Waals surface area contributed by atoms with Gasteiger partial charge in [-0.2, -0.15) is 14.6 Å². The number of carboxylic acid groups (broad SMARTS) is 2. The maximum Gasteiger partial charge on any atom is 0.434 e. The number of aromatic nitrogens is 4. The Kier molecular flexibility index (Phi) is 14.2. The molecule has 3 atom stereocenters. The van der Waals surface area contributed by atoms with Gasteiger partial charge in [0.05, 0.1) is 16.4 Å². The zero-order chi connectivity index (χ0) is 43.6. The minimum absolute atomic E-state index is 0.0217. The molecule has 3 aromatic rings. The molecule has 5 rings (SSSR count). The maximum atomic E-state index is 13.4. The van der Waals surface area contributed by atoms with Crippen molar-refractivity contribution in [3.05, 3.63) is 34.7 Å². The van der Waals surface area contributed by atoms with Gasteiger partial charge < -0.3 is 34.2 Å². The molecule has 2 fully saturated rings. The predicted octanol–water partition coefficient (Wildman–Crippen LogP) is 8.56. The summed E-state index contributed by atoms with van der Waals surface area (Å²) in [6.07, 6.45) is 2.35. The van der Waals surface area contributed by atoms with Crippen LogP contribution in [0.3, 0.4) is 0 Å². The van der Waals surface area contributed by atoms with Crippen LogP contribution in [0.25, 0.3) is 16.8 Å². The van der Waals surface area contributed by atoms with Gasteiger partial charge in [-0.1, -0.05) is 39.3 Å². The summed E-state index contributed by atoms with van der Waals surface area (Å²) in [5, 5.41) is 24.7. The quantitative estimate of drug-likeness (QED) is 0.0677. The van der Waals surface area contributed by atoms with E-state index in [1.54, 1.807) is 16.8 Å². The highest BCUT2D eigenvalue weighted by Crippen LogP contribution is 2.47. The van der Waals surface area contributed by atoms with Crippen LogP contribution >= 0.6 is 15.9 Å². The van der Waals surface area contributed by atoms with E-state index in [9.17, 15) is 29.4 Å². The zero-order valence-corrected chi connectivity index (χ0v) is 39.4. The average Bonchev–Trinajstić information content (AvgIpc) is 3.65. The van der Waals surface area contributed by atoms with Gasteiger partial charge in [-0.25, -0.2) is 24.4 Å². The Morgan fingerprint density at radius 3 is 1.93 bits per heavy atom. The summed E-state index contributed by atoms with van der Waals surface area (Å²) in [7, 11) is -2.77. The molecule has 0 aliphatic carbocycles. The minimum Gasteiger partial charge on any atom is -0.463 e. The van der Waals surface area contributed by atoms with Gasteiger partial charge in [0.15, 0.2) is 17.3 Å². The van der Waals surface area contributed by atoms with Crippen molar-refractivity contribution in [3.63, 3.8) is 0 Å². The van der Waals surface area contributed by atoms with Crippen molar-refractivity contribution in [1.82, 2.24) is 29.5 Å². The molecule has 0 saturated carbocycles. The monoisotopic (exact) mass is 918 g/mol. The molecule has 324 valence electrons. The fourth-order valence-electron chi connectivity index (χ4n) is 7.32. The summed E-state index contributed by atoms with van der Waals surface area (Å²) in [6, 6.07) is 4.83. The number of nitrogens with zero attached hydrogens (tertiary/aromatic N) is 8. The number of anilines is 2. The van der Waals surface area contributed by atoms with E-state index in [0.29, 0.717) is 48.6 Å². The van der Waals surface area contributed by atoms with E-state index in [1.807, 2.05) is 30.6 Å². The third kappa shape index (κ3) is 11.4. The van der Waals surface area contributed by atoms with Crippen molar-refractivity contribution in [2.24, 2.45) is 0 Å². The second-order valence-corrected chi connectivity index (χ2v) is 30.8. The Bertz CT molecular complexity index is 1970. The number of hydrazine groups is 1. The van der Waals surface area contributed by atoms with Crippen LogP contribution in [0, 0.1) is 0 Å². The van der Waals surface area contributed by atoms with Gasteiger partial charge in [-0.05, 0) is 86.6 Å². The second kappa shape index (κ2) is 18.2. The molecule has 2 saturated heterocycles. The fraction of sp³-hybridized carbons (Fsp3) is 0.615. The molecule has 20 heteroatoms. The number of hydrogen-bond acceptors (Lipinski definition) is 11. The third-order valence-corrected chi connectivity index (χ3v) is 14.4. The Balaban J connectivity index is 1.60. The SMILES string of the molecule is CC(=O)N(C(=O)O)N(C(=O)O)c1ccc(-c2cnn3c(N(COCC[Si](C)(C)C)COCC[Si](C)(C)C)c(Br)c(C4C[C@H]5CC[C@@H](C4)N5C(=O)OC(C)(C)C)nc23)cn1. The molecule has 0 radical (unpaired) electrons. The van der Waals surface area contributed by atoms with Gasteiger partial charge in [0, 0.05) is 71.6 Å². The van der Waals surface area contributed by atoms with Crippen LogP contribution in [0.5, 0.6) is 0 Å². The molecule has 2 aliphatic rings. The van der Waals surface area contributed by atoms with Crippen LogP contribution in [-0.4, -0.2) is 124 Å². The molecule has 2 aliphatic heterocycles. The van der Waals surface area contributed by atoms with Crippen LogP contribution in [0.4, 0.5) is 26.0 Å². The maximum absolute atomic E-state index is 13.4. The van der Waals surface area contributed by atoms with E-state index >= 15 is 0 Å². The lowest BCUT2D eigenvalue weighted by Gasteiger charge is -2.39. The number of pyridine rings is 1. The summed E-state index contributed by atoms with van der Waals surface area (Å²) in [5.41, 5.74) is 1.78. The number of carbonyl (C=O) groups is 4. The Morgan fingerprint density at radius 2 is 1.47 bits per heavy atom. The number of rotatable bonds is 14. The van der Waals surface area contributed by atoms with Crippen molar-refractivity contribution in [1.29, 1.82) is 0 Å². The van der Waals surface area contributed by atoms with E-state index < -0.39 is 39.8 Å². The first-order chi connectivity index (χ1) is 27.5. The number of hydrogen-bond donors (Lipinski definition) is 2. The van der Waals surface area contributed by atoms with Gasteiger partial charge in [-0.3, -0.25) is 4.79 Å². The number of piperidine rings is 1. The third-order valence-electron chi connectivity index (χ3n) is 10.2. The van der Waals surface area contributed by atoms with Crippen LogP contribution in [0.2, 0.25) is 51.4 Å². The summed E-state index contributed by atoms with van der Waals surface area (Å²) in [6.45, 7) is 22.0. The smallest absolute Gasteiger partial charge is 0.434 e. The van der Waals surface area contributed by atoms with Crippen LogP contribution in [0.15, 0.2) is 29.0 Å². The lowest BCUT2D eigenvalue weighted by Crippen LogP contribution is -2.51. The number of carbonyl (C=O) groups excluding carboxylic acids is 2. The molecule has 1 unspecified atom stereocenters. The van der Waals surface area contributed by atoms with Gasteiger partial charge in [0.2, 0.25) is 5.91 Å². The Hall–Kier alpha value is -4.12. The van der Waals surface area contributed by atoms with Gasteiger partial charge in [0.1, 0.15) is 19.1 Å². The predicted molar refractivity (Wildman–Crippen MR) is 232 cm³/mol. The van der Waals surface area contributed by atoms with Crippen molar-refractivity contribution in [2.75, 3.05) is 36.6 Å². The standard InChI is InChI=1S/C39H59BrN8O9Si2/c1-25(49)47(36(50)51)48(37(52)53)31-14-11-26(21-41-31)30-22-42-46-34(30)43-33(27-19-28-12-13-29(20-27)45(28)38(54)57-39(2,3)4)32(40)35(46)44(23-55-15-17-58(5,6)7)24-56-16-18-59(8,9)10/h11,14,21-22,27-29H,12-13,15-20,23-24H2,1-10H3,(H,50,51)(H,52,53)/t27?,28-,29+. The molecule has 3 aromatic heterocycles. The number of fused-ring (bicyclic) bond motifs is 3. The first kappa shape index (κ1) is 46.0. The lowest BCUT2D eigenvalue weighted by atomic mass is 9.88. The Morgan fingerprint density at radius 1 is 0.898 bits per heavy atom. The van der Waals surface area contributed by atoms with Crippen molar-refractivity contribution in [2.45, 2.75) is 128 Å². The van der Waals surface area contributed by atoms with E-state index in [1.165, 1.54) is 12.3 Å². The summed E-state index contributed by atoms with van der Waals surface area (Å²) in [4.78, 5) is 63.0. The first-order valence-corrected chi connectivity index (χ1v) is 28.2. The van der Waals surface area contributed by atoms with E-state index in [2.05, 4.69) is 60.2 Å². The molecular weight excluding hydrogens is 861 g/mol. The number of ether oxygens (including phenoxy) is 3. The van der Waals surface area contributed by atoms with Crippen molar-refractivity contribution in [3.8, 4) is 11.1 Å². The van der Waals surface area contributed by atoms with Crippen molar-refractivity contribution < 1.29 is 43.6 Å². The van der Waals surface area contributed by atoms with Crippen LogP contribution in [-0.2, 0) is 19.0 Å². The molecule has 5 heterocycles. The summed E-state index contributed by atoms with van der Waals surface area (Å²) < 4.78 is 21.0. The van der Waals surface area contributed by atoms with Crippen molar-refractivity contribution >= 4 is 73.5 Å². The molecule has 0 spiro atoms. The normalized spacial score (nSPS) is 18.2. The molecule has 59 heavy (non-hydrogen) atoms. The van der Waals surface area contributed by atoms with Crippen LogP contribution < -0.4 is 9.91 Å². The first-order valence-electron chi connectivity index (χ1n) is 20.0. The zero-order valence-electron chi connectivity index (χ0n) is 35.8. The topological polar surface area (TPSA) is 192 Å². The molecule has 17 nitrogen and oxygen atoms in total. The molecule has 0 aromatic carbocycles. The minimum atomic E-state index is -1.77. The molecule has 4 amide bonds. The highest BCUT2D eigenvalue weighted by atomic mass is 79.9.